The quantitative estimate of drug-likeness (QED) is 0.688. The number of methoxy groups -OCH3 is 1. The number of aromatic nitrogens is 1. The number of esters is 1. The van der Waals surface area contributed by atoms with Gasteiger partial charge in [-0.15, -0.1) is 0 Å². The van der Waals surface area contributed by atoms with Crippen LogP contribution in [0.3, 0.4) is 0 Å². The molecule has 5 heteroatoms. The third-order valence-corrected chi connectivity index (χ3v) is 3.31. The molecule has 0 spiro atoms. The van der Waals surface area contributed by atoms with E-state index >= 15 is 0 Å². The standard InChI is InChI=1S/C15H17NO4/c1-5-20-15(18)13-11(7-17)10-6-8(2)14(19-4)9(3)12(10)16-13/h6-7,16H,5H2,1-4H3. The van der Waals surface area contributed by atoms with E-state index in [2.05, 4.69) is 4.98 Å². The highest BCUT2D eigenvalue weighted by molar-refractivity contribution is 6.09. The number of ether oxygens (including phenoxy) is 2. The van der Waals surface area contributed by atoms with Crippen molar-refractivity contribution in [2.75, 3.05) is 13.7 Å². The van der Waals surface area contributed by atoms with Gasteiger partial charge in [-0.2, -0.15) is 0 Å². The molecule has 5 nitrogen and oxygen atoms in total. The average molecular weight is 275 g/mol. The number of fused-ring (bicyclic) bond motifs is 1. The minimum atomic E-state index is -0.526. The number of aryl methyl sites for hydroxylation is 2. The van der Waals surface area contributed by atoms with Crippen LogP contribution in [0.25, 0.3) is 10.9 Å². The first-order valence-corrected chi connectivity index (χ1v) is 6.37. The maximum Gasteiger partial charge on any atom is 0.355 e. The zero-order valence-electron chi connectivity index (χ0n) is 12.0. The highest BCUT2D eigenvalue weighted by Gasteiger charge is 2.21. The van der Waals surface area contributed by atoms with Crippen LogP contribution >= 0.6 is 0 Å². The van der Waals surface area contributed by atoms with Crippen molar-refractivity contribution in [3.63, 3.8) is 0 Å². The van der Waals surface area contributed by atoms with E-state index in [0.29, 0.717) is 17.2 Å². The van der Waals surface area contributed by atoms with Crippen molar-refractivity contribution in [3.8, 4) is 5.75 Å². The van der Waals surface area contributed by atoms with Crippen molar-refractivity contribution >= 4 is 23.2 Å². The molecule has 106 valence electrons. The molecule has 1 heterocycles. The van der Waals surface area contributed by atoms with Crippen LogP contribution in [0.4, 0.5) is 0 Å². The SMILES string of the molecule is CCOC(=O)c1[nH]c2c(C)c(OC)c(C)cc2c1C=O. The fourth-order valence-electron chi connectivity index (χ4n) is 2.47. The Balaban J connectivity index is 2.77. The van der Waals surface area contributed by atoms with E-state index in [1.807, 2.05) is 19.9 Å². The number of hydrogen-bond acceptors (Lipinski definition) is 4. The molecule has 2 aromatic rings. The zero-order chi connectivity index (χ0) is 14.9. The Morgan fingerprint density at radius 3 is 2.65 bits per heavy atom. The monoisotopic (exact) mass is 275 g/mol. The second-order valence-electron chi connectivity index (χ2n) is 4.53. The molecule has 0 saturated heterocycles. The van der Waals surface area contributed by atoms with Crippen LogP contribution in [0, 0.1) is 13.8 Å². The van der Waals surface area contributed by atoms with Gasteiger partial charge in [0.25, 0.3) is 0 Å². The van der Waals surface area contributed by atoms with Gasteiger partial charge in [-0.3, -0.25) is 4.79 Å². The summed E-state index contributed by atoms with van der Waals surface area (Å²) in [6, 6.07) is 1.84. The molecule has 0 unspecified atom stereocenters. The van der Waals surface area contributed by atoms with Gasteiger partial charge in [-0.25, -0.2) is 4.79 Å². The maximum atomic E-state index is 11.9. The van der Waals surface area contributed by atoms with Crippen molar-refractivity contribution in [3.05, 3.63) is 28.5 Å². The van der Waals surface area contributed by atoms with Crippen LogP contribution < -0.4 is 4.74 Å². The minimum Gasteiger partial charge on any atom is -0.496 e. The summed E-state index contributed by atoms with van der Waals surface area (Å²) in [5.41, 5.74) is 3.01. The van der Waals surface area contributed by atoms with Crippen molar-refractivity contribution in [2.24, 2.45) is 0 Å². The fourth-order valence-corrected chi connectivity index (χ4v) is 2.47. The lowest BCUT2D eigenvalue weighted by Gasteiger charge is -2.09. The predicted octanol–water partition coefficient (Wildman–Crippen LogP) is 2.78. The van der Waals surface area contributed by atoms with Crippen molar-refractivity contribution < 1.29 is 19.1 Å². The lowest BCUT2D eigenvalue weighted by atomic mass is 10.0. The third kappa shape index (κ3) is 2.05. The molecule has 1 aromatic heterocycles. The minimum absolute atomic E-state index is 0.188. The van der Waals surface area contributed by atoms with Crippen molar-refractivity contribution in [2.45, 2.75) is 20.8 Å². The number of aldehydes is 1. The highest BCUT2D eigenvalue weighted by Crippen LogP contribution is 2.33. The summed E-state index contributed by atoms with van der Waals surface area (Å²) >= 11 is 0. The normalized spacial score (nSPS) is 10.6. The number of carbonyl (C=O) groups is 2. The number of rotatable bonds is 4. The smallest absolute Gasteiger partial charge is 0.355 e. The lowest BCUT2D eigenvalue weighted by molar-refractivity contribution is 0.0518. The number of aromatic amines is 1. The molecular formula is C15H17NO4. The van der Waals surface area contributed by atoms with Crippen molar-refractivity contribution in [1.29, 1.82) is 0 Å². The Morgan fingerprint density at radius 1 is 1.40 bits per heavy atom. The van der Waals surface area contributed by atoms with E-state index in [4.69, 9.17) is 9.47 Å². The third-order valence-electron chi connectivity index (χ3n) is 3.31. The molecule has 0 aliphatic heterocycles. The van der Waals surface area contributed by atoms with Gasteiger partial charge in [-0.05, 0) is 32.4 Å². The Labute approximate surface area is 116 Å². The second-order valence-corrected chi connectivity index (χ2v) is 4.53. The van der Waals surface area contributed by atoms with Gasteiger partial charge in [0, 0.05) is 10.9 Å². The van der Waals surface area contributed by atoms with Gasteiger partial charge in [-0.1, -0.05) is 0 Å². The zero-order valence-corrected chi connectivity index (χ0v) is 12.0. The Hall–Kier alpha value is -2.30. The molecular weight excluding hydrogens is 258 g/mol. The van der Waals surface area contributed by atoms with Crippen LogP contribution in [0.15, 0.2) is 6.07 Å². The highest BCUT2D eigenvalue weighted by atomic mass is 16.5. The van der Waals surface area contributed by atoms with Gasteiger partial charge >= 0.3 is 5.97 Å². The number of nitrogens with one attached hydrogen (secondary N) is 1. The Bertz CT molecular complexity index is 685. The first kappa shape index (κ1) is 14.1. The summed E-state index contributed by atoms with van der Waals surface area (Å²) in [4.78, 5) is 26.2. The first-order chi connectivity index (χ1) is 9.54. The molecule has 0 fully saturated rings. The van der Waals surface area contributed by atoms with Gasteiger partial charge < -0.3 is 14.5 Å². The molecule has 0 atom stereocenters. The van der Waals surface area contributed by atoms with Gasteiger partial charge in [0.2, 0.25) is 0 Å². The molecule has 2 rings (SSSR count). The molecule has 1 N–H and O–H groups in total. The fraction of sp³-hybridized carbons (Fsp3) is 0.333. The molecule has 0 radical (unpaired) electrons. The van der Waals surface area contributed by atoms with Crippen LogP contribution in [0.5, 0.6) is 5.75 Å². The summed E-state index contributed by atoms with van der Waals surface area (Å²) in [5.74, 6) is 0.216. The van der Waals surface area contributed by atoms with Gasteiger partial charge in [0.1, 0.15) is 11.4 Å². The van der Waals surface area contributed by atoms with E-state index in [1.54, 1.807) is 14.0 Å². The van der Waals surface area contributed by atoms with Crippen LogP contribution in [-0.2, 0) is 4.74 Å². The van der Waals surface area contributed by atoms with E-state index in [1.165, 1.54) is 0 Å². The van der Waals surface area contributed by atoms with E-state index < -0.39 is 5.97 Å². The number of benzene rings is 1. The molecule has 0 amide bonds. The molecule has 0 bridgehead atoms. The second kappa shape index (κ2) is 5.36. The lowest BCUT2D eigenvalue weighted by Crippen LogP contribution is -2.07. The van der Waals surface area contributed by atoms with Crippen LogP contribution in [-0.4, -0.2) is 31.0 Å². The summed E-state index contributed by atoms with van der Waals surface area (Å²) in [6.45, 7) is 5.76. The topological polar surface area (TPSA) is 68.4 Å². The van der Waals surface area contributed by atoms with E-state index in [0.717, 1.165) is 22.4 Å². The summed E-state index contributed by atoms with van der Waals surface area (Å²) in [6.07, 6.45) is 0.677. The molecule has 0 saturated carbocycles. The first-order valence-electron chi connectivity index (χ1n) is 6.37. The number of hydrogen-bond donors (Lipinski definition) is 1. The van der Waals surface area contributed by atoms with Crippen LogP contribution in [0.2, 0.25) is 0 Å². The van der Waals surface area contributed by atoms with Crippen LogP contribution in [0.1, 0.15) is 38.9 Å². The summed E-state index contributed by atoms with van der Waals surface area (Å²) < 4.78 is 10.3. The number of H-pyrrole nitrogens is 1. The summed E-state index contributed by atoms with van der Waals surface area (Å²) in [7, 11) is 1.59. The summed E-state index contributed by atoms with van der Waals surface area (Å²) in [5, 5.41) is 0.707. The molecule has 0 aliphatic rings. The van der Waals surface area contributed by atoms with Gasteiger partial charge in [0.05, 0.1) is 24.8 Å². The maximum absolute atomic E-state index is 11.9. The predicted molar refractivity (Wildman–Crippen MR) is 75.7 cm³/mol. The largest absolute Gasteiger partial charge is 0.496 e. The van der Waals surface area contributed by atoms with Gasteiger partial charge in [0.15, 0.2) is 6.29 Å². The number of carbonyl (C=O) groups excluding carboxylic acids is 2. The Morgan fingerprint density at radius 2 is 2.10 bits per heavy atom. The molecule has 20 heavy (non-hydrogen) atoms. The Kier molecular flexibility index (Phi) is 3.79. The van der Waals surface area contributed by atoms with E-state index in [9.17, 15) is 9.59 Å². The van der Waals surface area contributed by atoms with Crippen molar-refractivity contribution in [1.82, 2.24) is 4.98 Å². The molecule has 1 aromatic carbocycles. The van der Waals surface area contributed by atoms with E-state index in [-0.39, 0.29) is 12.3 Å². The molecule has 0 aliphatic carbocycles. The average Bonchev–Trinajstić information content (AvgIpc) is 2.78.